The normalized spacial score (nSPS) is 17.5. The second-order valence-electron chi connectivity index (χ2n) is 10.9. The third kappa shape index (κ3) is 7.95. The van der Waals surface area contributed by atoms with E-state index in [1.54, 1.807) is 31.4 Å². The number of fused-ring (bicyclic) bond motifs is 1. The van der Waals surface area contributed by atoms with E-state index < -0.39 is 10.0 Å². The molecule has 0 saturated carbocycles. The number of para-hydroxylation sites is 1. The van der Waals surface area contributed by atoms with Gasteiger partial charge in [-0.05, 0) is 91.9 Å². The number of hydrogen-bond donors (Lipinski definition) is 1. The smallest absolute Gasteiger partial charge is 0.261 e. The molecule has 222 valence electrons. The van der Waals surface area contributed by atoms with Crippen molar-refractivity contribution in [2.75, 3.05) is 62.5 Å². The fraction of sp³-hybridized carbons (Fsp3) is 0.438. The zero-order valence-corrected chi connectivity index (χ0v) is 25.8. The molecule has 0 radical (unpaired) electrons. The van der Waals surface area contributed by atoms with Crippen LogP contribution in [0.2, 0.25) is 0 Å². The summed E-state index contributed by atoms with van der Waals surface area (Å²) in [7, 11) is -2.10. The fourth-order valence-corrected chi connectivity index (χ4v) is 7.03. The number of aryl methyl sites for hydroxylation is 1. The lowest BCUT2D eigenvalue weighted by Gasteiger charge is -2.39. The second kappa shape index (κ2) is 14.4. The van der Waals surface area contributed by atoms with Gasteiger partial charge in [0, 0.05) is 56.7 Å². The number of nitrogens with one attached hydrogen (secondary N) is 1. The molecule has 7 nitrogen and oxygen atoms in total. The van der Waals surface area contributed by atoms with Gasteiger partial charge < -0.3 is 9.64 Å². The van der Waals surface area contributed by atoms with E-state index >= 15 is 0 Å². The van der Waals surface area contributed by atoms with E-state index in [0.717, 1.165) is 71.5 Å². The highest BCUT2D eigenvalue weighted by molar-refractivity contribution is 7.92. The third-order valence-electron chi connectivity index (χ3n) is 8.25. The van der Waals surface area contributed by atoms with Gasteiger partial charge in [-0.2, -0.15) is 0 Å². The predicted molar refractivity (Wildman–Crippen MR) is 170 cm³/mol. The van der Waals surface area contributed by atoms with Crippen molar-refractivity contribution >= 4 is 33.8 Å². The average Bonchev–Trinajstić information content (AvgIpc) is 2.99. The quantitative estimate of drug-likeness (QED) is 0.323. The third-order valence-corrected chi connectivity index (χ3v) is 9.65. The summed E-state index contributed by atoms with van der Waals surface area (Å²) in [6, 6.07) is 23.7. The molecule has 1 fully saturated rings. The number of hydrogen-bond acceptors (Lipinski definition) is 6. The Morgan fingerprint density at radius 3 is 2.34 bits per heavy atom. The van der Waals surface area contributed by atoms with Crippen molar-refractivity contribution in [1.29, 1.82) is 0 Å². The zero-order valence-electron chi connectivity index (χ0n) is 24.2. The number of benzene rings is 3. The van der Waals surface area contributed by atoms with Crippen molar-refractivity contribution in [2.24, 2.45) is 0 Å². The molecule has 1 heterocycles. The van der Waals surface area contributed by atoms with Gasteiger partial charge in [0.15, 0.2) is 0 Å². The Labute approximate surface area is 251 Å². The fourth-order valence-electron chi connectivity index (χ4n) is 5.98. The van der Waals surface area contributed by atoms with Crippen LogP contribution in [0.3, 0.4) is 0 Å². The van der Waals surface area contributed by atoms with Crippen molar-refractivity contribution in [2.45, 2.75) is 43.5 Å². The van der Waals surface area contributed by atoms with Crippen molar-refractivity contribution in [3.63, 3.8) is 0 Å². The number of rotatable bonds is 11. The summed E-state index contributed by atoms with van der Waals surface area (Å²) in [5, 5.41) is 0. The molecule has 0 spiro atoms. The van der Waals surface area contributed by atoms with Crippen LogP contribution in [-0.4, -0.2) is 77.2 Å². The first-order valence-corrected chi connectivity index (χ1v) is 16.0. The summed E-state index contributed by atoms with van der Waals surface area (Å²) in [4.78, 5) is 7.98. The van der Waals surface area contributed by atoms with Crippen LogP contribution in [0, 0.1) is 0 Å². The lowest BCUT2D eigenvalue weighted by molar-refractivity contribution is 0.145. The highest BCUT2D eigenvalue weighted by Crippen LogP contribution is 2.29. The van der Waals surface area contributed by atoms with Gasteiger partial charge in [0.1, 0.15) is 5.75 Å². The predicted octanol–water partition coefficient (Wildman–Crippen LogP) is 5.31. The summed E-state index contributed by atoms with van der Waals surface area (Å²) in [6.45, 7) is 9.85. The molecule has 0 amide bonds. The maximum atomic E-state index is 13.0. The minimum absolute atomic E-state index is 0. The van der Waals surface area contributed by atoms with Crippen molar-refractivity contribution in [1.82, 2.24) is 9.80 Å². The van der Waals surface area contributed by atoms with Gasteiger partial charge in [-0.25, -0.2) is 8.42 Å². The van der Waals surface area contributed by atoms with Crippen LogP contribution >= 0.6 is 12.4 Å². The summed E-state index contributed by atoms with van der Waals surface area (Å²) in [6.07, 6.45) is 4.26. The minimum Gasteiger partial charge on any atom is -0.497 e. The van der Waals surface area contributed by atoms with Crippen LogP contribution in [0.15, 0.2) is 77.7 Å². The van der Waals surface area contributed by atoms with Crippen molar-refractivity contribution in [3.8, 4) is 5.75 Å². The number of sulfonamides is 1. The summed E-state index contributed by atoms with van der Waals surface area (Å²) in [5.74, 6) is 0.629. The average molecular weight is 599 g/mol. The Bertz CT molecular complexity index is 1350. The molecule has 1 atom stereocenters. The highest BCUT2D eigenvalue weighted by atomic mass is 35.5. The lowest BCUT2D eigenvalue weighted by Crippen LogP contribution is -2.50. The molecule has 41 heavy (non-hydrogen) atoms. The topological polar surface area (TPSA) is 65.1 Å². The van der Waals surface area contributed by atoms with Crippen LogP contribution < -0.4 is 14.4 Å². The maximum absolute atomic E-state index is 13.0. The van der Waals surface area contributed by atoms with Crippen LogP contribution in [0.5, 0.6) is 5.75 Å². The van der Waals surface area contributed by atoms with Crippen molar-refractivity contribution < 1.29 is 13.2 Å². The summed E-state index contributed by atoms with van der Waals surface area (Å²) >= 11 is 0. The molecule has 5 rings (SSSR count). The molecule has 3 aromatic rings. The molecule has 2 aliphatic rings. The monoisotopic (exact) mass is 598 g/mol. The molecule has 1 saturated heterocycles. The maximum Gasteiger partial charge on any atom is 0.261 e. The van der Waals surface area contributed by atoms with Crippen LogP contribution in [0.25, 0.3) is 0 Å². The van der Waals surface area contributed by atoms with Crippen molar-refractivity contribution in [3.05, 3.63) is 83.9 Å². The number of ether oxygens (including phenoxy) is 1. The molecule has 1 aliphatic heterocycles. The van der Waals surface area contributed by atoms with Gasteiger partial charge in [0.05, 0.1) is 12.0 Å². The molecular weight excluding hydrogens is 556 g/mol. The largest absolute Gasteiger partial charge is 0.497 e. The SMILES string of the molecule is CCCN(CCN1CCN(c2ccccc2)CC1)[C@@H]1CCc2ccc(NS(=O)(=O)c3ccc(OC)cc3)cc2C1.Cl. The molecule has 3 aromatic carbocycles. The summed E-state index contributed by atoms with van der Waals surface area (Å²) < 4.78 is 33.9. The number of nitrogens with zero attached hydrogens (tertiary/aromatic N) is 3. The number of halogens is 1. The van der Waals surface area contributed by atoms with E-state index in [1.165, 1.54) is 16.8 Å². The summed E-state index contributed by atoms with van der Waals surface area (Å²) in [5.41, 5.74) is 4.52. The molecule has 0 bridgehead atoms. The van der Waals surface area contributed by atoms with Crippen LogP contribution in [0.4, 0.5) is 11.4 Å². The van der Waals surface area contributed by atoms with Gasteiger partial charge in [-0.1, -0.05) is 31.2 Å². The molecular formula is C32H43ClN4O3S. The standard InChI is InChI=1S/C32H42N4O3S.ClH/c1-3-17-35(21-18-34-19-22-36(23-20-34)29-7-5-4-6-8-29)30-12-10-26-9-11-28(24-27(26)25-30)33-40(37,38)32-15-13-31(39-2)14-16-32;/h4-9,11,13-16,24,30,33H,3,10,12,17-23,25H2,1-2H3;1H/t30-;/m1./s1. The first-order chi connectivity index (χ1) is 19.4. The molecule has 0 aromatic heterocycles. The van der Waals surface area contributed by atoms with Gasteiger partial charge in [-0.15, -0.1) is 12.4 Å². The molecule has 1 aliphatic carbocycles. The first-order valence-electron chi connectivity index (χ1n) is 14.5. The van der Waals surface area contributed by atoms with Gasteiger partial charge >= 0.3 is 0 Å². The molecule has 9 heteroatoms. The number of piperazine rings is 1. The molecule has 0 unspecified atom stereocenters. The van der Waals surface area contributed by atoms with Crippen LogP contribution in [-0.2, 0) is 22.9 Å². The van der Waals surface area contributed by atoms with E-state index in [0.29, 0.717) is 17.5 Å². The minimum atomic E-state index is -3.67. The second-order valence-corrected chi connectivity index (χ2v) is 12.5. The van der Waals surface area contributed by atoms with E-state index in [1.807, 2.05) is 12.1 Å². The zero-order chi connectivity index (χ0) is 28.0. The van der Waals surface area contributed by atoms with Gasteiger partial charge in [0.2, 0.25) is 0 Å². The Hall–Kier alpha value is -2.78. The highest BCUT2D eigenvalue weighted by Gasteiger charge is 2.26. The van der Waals surface area contributed by atoms with E-state index in [4.69, 9.17) is 4.74 Å². The Morgan fingerprint density at radius 1 is 0.927 bits per heavy atom. The lowest BCUT2D eigenvalue weighted by atomic mass is 9.87. The number of methoxy groups -OCH3 is 1. The van der Waals surface area contributed by atoms with Gasteiger partial charge in [-0.3, -0.25) is 14.5 Å². The van der Waals surface area contributed by atoms with E-state index in [9.17, 15) is 8.42 Å². The van der Waals surface area contributed by atoms with Gasteiger partial charge in [0.25, 0.3) is 10.0 Å². The van der Waals surface area contributed by atoms with E-state index in [2.05, 4.69) is 62.7 Å². The molecule has 1 N–H and O–H groups in total. The Kier molecular flexibility index (Phi) is 10.9. The number of anilines is 2. The Balaban J connectivity index is 0.00000387. The Morgan fingerprint density at radius 2 is 1.66 bits per heavy atom. The van der Waals surface area contributed by atoms with Crippen LogP contribution in [0.1, 0.15) is 30.9 Å². The van der Waals surface area contributed by atoms with E-state index in [-0.39, 0.29) is 17.3 Å². The first kappa shape index (κ1) is 31.2.